The Bertz CT molecular complexity index is 656. The second kappa shape index (κ2) is 6.01. The van der Waals surface area contributed by atoms with Crippen LogP contribution in [0, 0.1) is 5.82 Å². The monoisotopic (exact) mass is 362 g/mol. The number of pyridine rings is 1. The largest absolute Gasteiger partial charge is 0.416 e. The van der Waals surface area contributed by atoms with Crippen LogP contribution in [-0.2, 0) is 6.18 Å². The third kappa shape index (κ3) is 3.72. The number of nitrogens with zero attached hydrogens (tertiary/aromatic N) is 1. The molecule has 7 heteroatoms. The molecule has 1 N–H and O–H groups in total. The maximum atomic E-state index is 13.8. The van der Waals surface area contributed by atoms with E-state index in [-0.39, 0.29) is 17.1 Å². The van der Waals surface area contributed by atoms with Gasteiger partial charge in [-0.2, -0.15) is 13.2 Å². The van der Waals surface area contributed by atoms with Crippen LogP contribution in [-0.4, -0.2) is 11.5 Å². The van der Waals surface area contributed by atoms with Gasteiger partial charge in [0, 0.05) is 16.6 Å². The molecule has 0 amide bonds. The molecule has 0 saturated heterocycles. The van der Waals surface area contributed by atoms with Crippen molar-refractivity contribution in [3.63, 3.8) is 0 Å². The van der Waals surface area contributed by atoms with Crippen molar-refractivity contribution in [2.24, 2.45) is 0 Å². The van der Waals surface area contributed by atoms with Gasteiger partial charge in [0.15, 0.2) is 0 Å². The van der Waals surface area contributed by atoms with Crippen LogP contribution in [0.5, 0.6) is 0 Å². The van der Waals surface area contributed by atoms with Crippen LogP contribution in [0.2, 0.25) is 0 Å². The topological polar surface area (TPSA) is 24.9 Å². The van der Waals surface area contributed by atoms with E-state index in [4.69, 9.17) is 0 Å². The number of rotatable bonds is 3. The van der Waals surface area contributed by atoms with Gasteiger partial charge < -0.3 is 5.32 Å². The Morgan fingerprint density at radius 3 is 2.52 bits per heavy atom. The first-order valence-corrected chi connectivity index (χ1v) is 6.89. The molecule has 1 aromatic carbocycles. The number of alkyl halides is 3. The van der Waals surface area contributed by atoms with Crippen LogP contribution < -0.4 is 5.32 Å². The highest BCUT2D eigenvalue weighted by molar-refractivity contribution is 9.10. The fraction of sp³-hybridized carbons (Fsp3) is 0.214. The van der Waals surface area contributed by atoms with E-state index in [1.807, 2.05) is 0 Å². The first-order valence-electron chi connectivity index (χ1n) is 6.10. The SMILES string of the molecule is CCNc1cc(C(F)(F)F)cc(-c2cc(Br)ccc2F)n1. The number of anilines is 1. The Labute approximate surface area is 127 Å². The molecule has 1 aromatic heterocycles. The standard InChI is InChI=1S/C14H11BrF4N2/c1-2-20-13-6-8(14(17,18)19)5-12(21-13)10-7-9(15)3-4-11(10)16/h3-7H,2H2,1H3,(H,20,21). The van der Waals surface area contributed by atoms with Crippen molar-refractivity contribution in [1.82, 2.24) is 4.98 Å². The zero-order chi connectivity index (χ0) is 15.6. The lowest BCUT2D eigenvalue weighted by Crippen LogP contribution is -2.09. The van der Waals surface area contributed by atoms with E-state index >= 15 is 0 Å². The molecule has 0 spiro atoms. The van der Waals surface area contributed by atoms with Gasteiger partial charge >= 0.3 is 6.18 Å². The number of hydrogen-bond acceptors (Lipinski definition) is 2. The molecule has 0 aliphatic heterocycles. The van der Waals surface area contributed by atoms with Crippen molar-refractivity contribution in [3.8, 4) is 11.3 Å². The number of hydrogen-bond donors (Lipinski definition) is 1. The Morgan fingerprint density at radius 2 is 1.90 bits per heavy atom. The first kappa shape index (κ1) is 15.8. The van der Waals surface area contributed by atoms with E-state index in [0.717, 1.165) is 12.1 Å². The van der Waals surface area contributed by atoms with Gasteiger partial charge in [-0.05, 0) is 37.3 Å². The number of nitrogens with one attached hydrogen (secondary N) is 1. The van der Waals surface area contributed by atoms with Crippen molar-refractivity contribution in [2.45, 2.75) is 13.1 Å². The second-order valence-electron chi connectivity index (χ2n) is 4.28. The third-order valence-electron chi connectivity index (χ3n) is 2.71. The van der Waals surface area contributed by atoms with E-state index in [1.54, 1.807) is 6.92 Å². The van der Waals surface area contributed by atoms with E-state index < -0.39 is 17.6 Å². The highest BCUT2D eigenvalue weighted by Gasteiger charge is 2.32. The van der Waals surface area contributed by atoms with E-state index in [9.17, 15) is 17.6 Å². The lowest BCUT2D eigenvalue weighted by molar-refractivity contribution is -0.137. The molecule has 0 bridgehead atoms. The summed E-state index contributed by atoms with van der Waals surface area (Å²) in [7, 11) is 0. The van der Waals surface area contributed by atoms with Crippen LogP contribution >= 0.6 is 15.9 Å². The highest BCUT2D eigenvalue weighted by Crippen LogP contribution is 2.34. The van der Waals surface area contributed by atoms with E-state index in [0.29, 0.717) is 11.0 Å². The van der Waals surface area contributed by atoms with Crippen molar-refractivity contribution < 1.29 is 17.6 Å². The molecule has 0 atom stereocenters. The second-order valence-corrected chi connectivity index (χ2v) is 5.19. The zero-order valence-corrected chi connectivity index (χ0v) is 12.5. The first-order chi connectivity index (χ1) is 9.81. The summed E-state index contributed by atoms with van der Waals surface area (Å²) in [6.45, 7) is 2.15. The number of aromatic nitrogens is 1. The lowest BCUT2D eigenvalue weighted by Gasteiger charge is -2.12. The molecular formula is C14H11BrF4N2. The number of halogens is 5. The predicted octanol–water partition coefficient (Wildman–Crippen LogP) is 5.10. The summed E-state index contributed by atoms with van der Waals surface area (Å²) >= 11 is 3.17. The Balaban J connectivity index is 2.62. The molecule has 21 heavy (non-hydrogen) atoms. The molecule has 2 nitrogen and oxygen atoms in total. The fourth-order valence-corrected chi connectivity index (χ4v) is 2.16. The molecule has 0 aliphatic carbocycles. The number of benzene rings is 1. The predicted molar refractivity (Wildman–Crippen MR) is 76.5 cm³/mol. The maximum absolute atomic E-state index is 13.8. The average molecular weight is 363 g/mol. The van der Waals surface area contributed by atoms with Gasteiger partial charge in [-0.1, -0.05) is 15.9 Å². The molecule has 0 saturated carbocycles. The minimum atomic E-state index is -4.52. The Morgan fingerprint density at radius 1 is 1.19 bits per heavy atom. The third-order valence-corrected chi connectivity index (χ3v) is 3.21. The summed E-state index contributed by atoms with van der Waals surface area (Å²) in [5, 5.41) is 2.72. The minimum Gasteiger partial charge on any atom is -0.370 e. The molecule has 2 aromatic rings. The van der Waals surface area contributed by atoms with Crippen LogP contribution in [0.25, 0.3) is 11.3 Å². The summed E-state index contributed by atoms with van der Waals surface area (Å²) in [5.74, 6) is -0.575. The minimum absolute atomic E-state index is 0.00891. The van der Waals surface area contributed by atoms with Gasteiger partial charge in [0.1, 0.15) is 11.6 Å². The summed E-state index contributed by atoms with van der Waals surface area (Å²) in [6, 6.07) is 5.79. The summed E-state index contributed by atoms with van der Waals surface area (Å²) in [6.07, 6.45) is -4.52. The zero-order valence-electron chi connectivity index (χ0n) is 10.9. The smallest absolute Gasteiger partial charge is 0.370 e. The maximum Gasteiger partial charge on any atom is 0.416 e. The van der Waals surface area contributed by atoms with Gasteiger partial charge in [0.25, 0.3) is 0 Å². The van der Waals surface area contributed by atoms with Crippen LogP contribution in [0.3, 0.4) is 0 Å². The normalized spacial score (nSPS) is 11.5. The van der Waals surface area contributed by atoms with Crippen molar-refractivity contribution in [2.75, 3.05) is 11.9 Å². The molecule has 0 aliphatic rings. The molecule has 112 valence electrons. The van der Waals surface area contributed by atoms with Crippen LogP contribution in [0.15, 0.2) is 34.8 Å². The average Bonchev–Trinajstić information content (AvgIpc) is 2.40. The van der Waals surface area contributed by atoms with Crippen LogP contribution in [0.4, 0.5) is 23.4 Å². The van der Waals surface area contributed by atoms with Crippen molar-refractivity contribution >= 4 is 21.7 Å². The van der Waals surface area contributed by atoms with Gasteiger partial charge in [-0.3, -0.25) is 0 Å². The fourth-order valence-electron chi connectivity index (χ4n) is 1.80. The molecule has 1 heterocycles. The Hall–Kier alpha value is -1.63. The van der Waals surface area contributed by atoms with Gasteiger partial charge in [-0.25, -0.2) is 9.37 Å². The van der Waals surface area contributed by atoms with Gasteiger partial charge in [0.05, 0.1) is 11.3 Å². The van der Waals surface area contributed by atoms with Crippen molar-refractivity contribution in [3.05, 3.63) is 46.2 Å². The van der Waals surface area contributed by atoms with Gasteiger partial charge in [-0.15, -0.1) is 0 Å². The lowest BCUT2D eigenvalue weighted by atomic mass is 10.1. The quantitative estimate of drug-likeness (QED) is 0.768. The molecule has 0 radical (unpaired) electrons. The van der Waals surface area contributed by atoms with E-state index in [1.165, 1.54) is 18.2 Å². The molecule has 0 fully saturated rings. The molecular weight excluding hydrogens is 352 g/mol. The summed E-state index contributed by atoms with van der Waals surface area (Å²) in [4.78, 5) is 4.04. The molecule has 0 unspecified atom stereocenters. The molecule has 2 rings (SSSR count). The van der Waals surface area contributed by atoms with Crippen molar-refractivity contribution in [1.29, 1.82) is 0 Å². The van der Waals surface area contributed by atoms with Gasteiger partial charge in [0.2, 0.25) is 0 Å². The van der Waals surface area contributed by atoms with E-state index in [2.05, 4.69) is 26.2 Å². The summed E-state index contributed by atoms with van der Waals surface area (Å²) in [5.41, 5.74) is -0.933. The Kier molecular flexibility index (Phi) is 4.51. The van der Waals surface area contributed by atoms with Crippen LogP contribution in [0.1, 0.15) is 12.5 Å². The summed E-state index contributed by atoms with van der Waals surface area (Å²) < 4.78 is 53.2. The highest BCUT2D eigenvalue weighted by atomic mass is 79.9.